The van der Waals surface area contributed by atoms with E-state index in [1.54, 1.807) is 0 Å². The second-order valence-electron chi connectivity index (χ2n) is 4.66. The average molecular weight is 244 g/mol. The van der Waals surface area contributed by atoms with Crippen molar-refractivity contribution in [1.29, 1.82) is 0 Å². The van der Waals surface area contributed by atoms with Crippen molar-refractivity contribution in [1.82, 2.24) is 0 Å². The van der Waals surface area contributed by atoms with Crippen molar-refractivity contribution in [3.8, 4) is 0 Å². The second kappa shape index (κ2) is 8.80. The quantitative estimate of drug-likeness (QED) is 0.558. The Bertz CT molecular complexity index is 175. The van der Waals surface area contributed by atoms with Crippen LogP contribution in [0.15, 0.2) is 0 Å². The molecule has 0 radical (unpaired) electrons. The van der Waals surface area contributed by atoms with Gasteiger partial charge in [0, 0.05) is 6.42 Å². The molecule has 0 fully saturated rings. The molecule has 0 bridgehead atoms. The molecule has 2 nitrogen and oxygen atoms in total. The SMILES string of the molecule is CCCC(=O)O[Si](CCC)(CCC)CCC. The third-order valence-corrected chi connectivity index (χ3v) is 7.80. The highest BCUT2D eigenvalue weighted by Gasteiger charge is 2.35. The molecule has 0 aromatic carbocycles. The first-order valence-corrected chi connectivity index (χ1v) is 9.38. The van der Waals surface area contributed by atoms with Crippen LogP contribution in [0.4, 0.5) is 0 Å². The van der Waals surface area contributed by atoms with Crippen LogP contribution in [-0.2, 0) is 9.22 Å². The van der Waals surface area contributed by atoms with Crippen molar-refractivity contribution < 1.29 is 9.22 Å². The Morgan fingerprint density at radius 2 is 1.31 bits per heavy atom. The lowest BCUT2D eigenvalue weighted by molar-refractivity contribution is -0.135. The van der Waals surface area contributed by atoms with Gasteiger partial charge in [0.05, 0.1) is 0 Å². The van der Waals surface area contributed by atoms with Crippen LogP contribution in [-0.4, -0.2) is 14.3 Å². The maximum Gasteiger partial charge on any atom is 0.292 e. The molecule has 0 rings (SSSR count). The smallest absolute Gasteiger partial charge is 0.292 e. The Morgan fingerprint density at radius 1 is 0.875 bits per heavy atom. The number of carbonyl (C=O) groups excluding carboxylic acids is 1. The van der Waals surface area contributed by atoms with Gasteiger partial charge in [-0.1, -0.05) is 47.0 Å². The first-order valence-electron chi connectivity index (χ1n) is 6.86. The zero-order valence-corrected chi connectivity index (χ0v) is 12.5. The van der Waals surface area contributed by atoms with Gasteiger partial charge < -0.3 is 4.43 Å². The lowest BCUT2D eigenvalue weighted by atomic mass is 10.4. The van der Waals surface area contributed by atoms with Crippen LogP contribution in [0.2, 0.25) is 18.1 Å². The van der Waals surface area contributed by atoms with Gasteiger partial charge in [0.1, 0.15) is 0 Å². The van der Waals surface area contributed by atoms with Crippen LogP contribution in [0.1, 0.15) is 59.8 Å². The van der Waals surface area contributed by atoms with Gasteiger partial charge in [-0.05, 0) is 24.6 Å². The van der Waals surface area contributed by atoms with Crippen LogP contribution in [0.5, 0.6) is 0 Å². The number of hydrogen-bond acceptors (Lipinski definition) is 2. The summed E-state index contributed by atoms with van der Waals surface area (Å²) in [7, 11) is -1.75. The van der Waals surface area contributed by atoms with Gasteiger partial charge in [0.25, 0.3) is 14.3 Å². The van der Waals surface area contributed by atoms with E-state index < -0.39 is 8.32 Å². The largest absolute Gasteiger partial charge is 0.519 e. The summed E-state index contributed by atoms with van der Waals surface area (Å²) in [5, 5.41) is 0. The molecule has 0 aliphatic heterocycles. The van der Waals surface area contributed by atoms with E-state index in [0.717, 1.165) is 43.8 Å². The molecule has 0 amide bonds. The minimum absolute atomic E-state index is 0.0458. The summed E-state index contributed by atoms with van der Waals surface area (Å²) in [4.78, 5) is 11.7. The normalized spacial score (nSPS) is 11.5. The molecule has 0 aromatic rings. The highest BCUT2D eigenvalue weighted by molar-refractivity contribution is 6.75. The molecule has 0 aromatic heterocycles. The molecule has 0 saturated carbocycles. The average Bonchev–Trinajstić information content (AvgIpc) is 2.18. The third kappa shape index (κ3) is 5.68. The minimum Gasteiger partial charge on any atom is -0.519 e. The zero-order valence-electron chi connectivity index (χ0n) is 11.5. The van der Waals surface area contributed by atoms with Gasteiger partial charge in [0.2, 0.25) is 0 Å². The van der Waals surface area contributed by atoms with E-state index in [-0.39, 0.29) is 5.97 Å². The Balaban J connectivity index is 4.51. The maximum absolute atomic E-state index is 11.7. The molecule has 96 valence electrons. The van der Waals surface area contributed by atoms with Gasteiger partial charge >= 0.3 is 0 Å². The molecule has 0 atom stereocenters. The lowest BCUT2D eigenvalue weighted by Gasteiger charge is -2.30. The maximum atomic E-state index is 11.7. The molecular weight excluding hydrogens is 216 g/mol. The Hall–Kier alpha value is -0.313. The molecule has 3 heteroatoms. The van der Waals surface area contributed by atoms with Crippen molar-refractivity contribution in [2.75, 3.05) is 0 Å². The van der Waals surface area contributed by atoms with Gasteiger partial charge in [-0.2, -0.15) is 0 Å². The van der Waals surface area contributed by atoms with E-state index in [4.69, 9.17) is 4.43 Å². The number of hydrogen-bond donors (Lipinski definition) is 0. The highest BCUT2D eigenvalue weighted by atomic mass is 28.4. The summed E-state index contributed by atoms with van der Waals surface area (Å²) in [5.74, 6) is 0.0458. The van der Waals surface area contributed by atoms with Crippen LogP contribution < -0.4 is 0 Å². The molecule has 0 spiro atoms. The van der Waals surface area contributed by atoms with Gasteiger partial charge in [0.15, 0.2) is 0 Å². The zero-order chi connectivity index (χ0) is 12.4. The predicted octanol–water partition coefficient (Wildman–Crippen LogP) is 4.51. The highest BCUT2D eigenvalue weighted by Crippen LogP contribution is 2.28. The van der Waals surface area contributed by atoms with E-state index in [0.29, 0.717) is 6.42 Å². The standard InChI is InChI=1S/C13H28O2Si/c1-5-9-13(14)15-16(10-6-2,11-7-3)12-8-4/h5-12H2,1-4H3. The first-order chi connectivity index (χ1) is 7.64. The van der Waals surface area contributed by atoms with Crippen LogP contribution >= 0.6 is 0 Å². The monoisotopic (exact) mass is 244 g/mol. The van der Waals surface area contributed by atoms with Crippen molar-refractivity contribution >= 4 is 14.3 Å². The van der Waals surface area contributed by atoms with E-state index in [2.05, 4.69) is 20.8 Å². The molecular formula is C13H28O2Si. The Morgan fingerprint density at radius 3 is 1.62 bits per heavy atom. The topological polar surface area (TPSA) is 26.3 Å². The van der Waals surface area contributed by atoms with Gasteiger partial charge in [-0.3, -0.25) is 4.79 Å². The second-order valence-corrected chi connectivity index (χ2v) is 8.73. The summed E-state index contributed by atoms with van der Waals surface area (Å²) in [5.41, 5.74) is 0. The Kier molecular flexibility index (Phi) is 8.62. The van der Waals surface area contributed by atoms with Crippen LogP contribution in [0.3, 0.4) is 0 Å². The van der Waals surface area contributed by atoms with Crippen LogP contribution in [0.25, 0.3) is 0 Å². The lowest BCUT2D eigenvalue weighted by Crippen LogP contribution is -2.39. The number of rotatable bonds is 9. The fourth-order valence-corrected chi connectivity index (χ4v) is 6.77. The molecule has 0 aliphatic rings. The molecule has 0 aliphatic carbocycles. The van der Waals surface area contributed by atoms with Crippen molar-refractivity contribution in [2.45, 2.75) is 77.9 Å². The summed E-state index contributed by atoms with van der Waals surface area (Å²) < 4.78 is 5.90. The van der Waals surface area contributed by atoms with Crippen molar-refractivity contribution in [3.05, 3.63) is 0 Å². The van der Waals surface area contributed by atoms with Crippen LogP contribution in [0, 0.1) is 0 Å². The predicted molar refractivity (Wildman–Crippen MR) is 72.0 cm³/mol. The van der Waals surface area contributed by atoms with E-state index in [9.17, 15) is 4.79 Å². The molecule has 0 heterocycles. The minimum atomic E-state index is -1.75. The molecule has 0 N–H and O–H groups in total. The first kappa shape index (κ1) is 15.7. The van der Waals surface area contributed by atoms with Gasteiger partial charge in [-0.25, -0.2) is 0 Å². The molecule has 16 heavy (non-hydrogen) atoms. The van der Waals surface area contributed by atoms with E-state index in [1.807, 2.05) is 6.92 Å². The van der Waals surface area contributed by atoms with E-state index >= 15 is 0 Å². The summed E-state index contributed by atoms with van der Waals surface area (Å²) in [6.45, 7) is 8.62. The fourth-order valence-electron chi connectivity index (χ4n) is 2.39. The van der Waals surface area contributed by atoms with Crippen molar-refractivity contribution in [3.63, 3.8) is 0 Å². The summed E-state index contributed by atoms with van der Waals surface area (Å²) >= 11 is 0. The summed E-state index contributed by atoms with van der Waals surface area (Å²) in [6, 6.07) is 3.43. The third-order valence-electron chi connectivity index (χ3n) is 2.90. The van der Waals surface area contributed by atoms with Crippen molar-refractivity contribution in [2.24, 2.45) is 0 Å². The summed E-state index contributed by atoms with van der Waals surface area (Å²) in [6.07, 6.45) is 4.92. The number of carbonyl (C=O) groups is 1. The molecule has 0 unspecified atom stereocenters. The van der Waals surface area contributed by atoms with E-state index in [1.165, 1.54) is 0 Å². The van der Waals surface area contributed by atoms with Gasteiger partial charge in [-0.15, -0.1) is 0 Å². The molecule has 0 saturated heterocycles. The fraction of sp³-hybridized carbons (Fsp3) is 0.923. The Labute approximate surface area is 102 Å².